The maximum atomic E-state index is 14.5. The van der Waals surface area contributed by atoms with Crippen LogP contribution in [0, 0.1) is 17.6 Å². The summed E-state index contributed by atoms with van der Waals surface area (Å²) < 4.78 is 46.1. The highest BCUT2D eigenvalue weighted by molar-refractivity contribution is 5.33. The predicted molar refractivity (Wildman–Crippen MR) is 100 cm³/mol. The normalized spacial score (nSPS) is 20.6. The molecule has 1 saturated carbocycles. The maximum absolute atomic E-state index is 14.5. The van der Waals surface area contributed by atoms with Crippen molar-refractivity contribution in [2.24, 2.45) is 5.92 Å². The van der Waals surface area contributed by atoms with E-state index in [4.69, 9.17) is 4.74 Å². The molecule has 1 aliphatic rings. The summed E-state index contributed by atoms with van der Waals surface area (Å²) >= 11 is 0. The predicted octanol–water partition coefficient (Wildman–Crippen LogP) is 7.11. The van der Waals surface area contributed by atoms with Gasteiger partial charge in [0.2, 0.25) is 5.82 Å². The highest BCUT2D eigenvalue weighted by Crippen LogP contribution is 2.40. The zero-order chi connectivity index (χ0) is 18.8. The molecule has 0 atom stereocenters. The summed E-state index contributed by atoms with van der Waals surface area (Å²) in [7, 11) is 0. The Morgan fingerprint density at radius 1 is 1.04 bits per heavy atom. The zero-order valence-corrected chi connectivity index (χ0v) is 15.8. The molecule has 1 nitrogen and oxygen atoms in total. The van der Waals surface area contributed by atoms with Gasteiger partial charge in [0.05, 0.1) is 6.61 Å². The first-order valence-corrected chi connectivity index (χ1v) is 9.99. The minimum absolute atomic E-state index is 0.0229. The summed E-state index contributed by atoms with van der Waals surface area (Å²) in [5.41, 5.74) is 0.495. The molecule has 0 unspecified atom stereocenters. The van der Waals surface area contributed by atoms with Crippen molar-refractivity contribution in [3.63, 3.8) is 0 Å². The minimum Gasteiger partial charge on any atom is -0.490 e. The van der Waals surface area contributed by atoms with E-state index in [1.54, 1.807) is 18.2 Å². The van der Waals surface area contributed by atoms with E-state index in [0.717, 1.165) is 57.8 Å². The Morgan fingerprint density at radius 3 is 2.50 bits per heavy atom. The van der Waals surface area contributed by atoms with Gasteiger partial charge in [-0.15, -0.1) is 0 Å². The average Bonchev–Trinajstić information content (AvgIpc) is 2.66. The fraction of sp³-hybridized carbons (Fsp3) is 0.636. The molecular formula is C22H31F3O. The summed E-state index contributed by atoms with van der Waals surface area (Å²) in [6.07, 6.45) is 12.3. The van der Waals surface area contributed by atoms with Crippen LogP contribution in [0.3, 0.4) is 0 Å². The van der Waals surface area contributed by atoms with Gasteiger partial charge in [0, 0.05) is 0 Å². The highest BCUT2D eigenvalue weighted by Gasteiger charge is 2.26. The second-order valence-corrected chi connectivity index (χ2v) is 7.26. The molecule has 0 radical (unpaired) electrons. The number of ether oxygens (including phenoxy) is 1. The summed E-state index contributed by atoms with van der Waals surface area (Å²) in [4.78, 5) is 0. The number of allylic oxidation sites excluding steroid dienone is 2. The lowest BCUT2D eigenvalue weighted by atomic mass is 9.77. The van der Waals surface area contributed by atoms with Crippen molar-refractivity contribution in [1.82, 2.24) is 0 Å². The van der Waals surface area contributed by atoms with Crippen LogP contribution in [0.15, 0.2) is 24.3 Å². The van der Waals surface area contributed by atoms with Crippen molar-refractivity contribution < 1.29 is 17.9 Å². The molecule has 146 valence electrons. The molecule has 2 rings (SSSR count). The van der Waals surface area contributed by atoms with Crippen molar-refractivity contribution in [1.29, 1.82) is 0 Å². The lowest BCUT2D eigenvalue weighted by Crippen LogP contribution is -2.15. The summed E-state index contributed by atoms with van der Waals surface area (Å²) in [5, 5.41) is 0. The maximum Gasteiger partial charge on any atom is 0.200 e. The van der Waals surface area contributed by atoms with E-state index in [1.807, 2.05) is 13.0 Å². The van der Waals surface area contributed by atoms with Gasteiger partial charge in [-0.1, -0.05) is 38.0 Å². The molecule has 1 fully saturated rings. The number of benzene rings is 1. The topological polar surface area (TPSA) is 9.23 Å². The third-order valence-electron chi connectivity index (χ3n) is 5.36. The van der Waals surface area contributed by atoms with Crippen molar-refractivity contribution in [3.8, 4) is 5.75 Å². The number of halogens is 3. The van der Waals surface area contributed by atoms with Gasteiger partial charge in [-0.25, -0.2) is 8.78 Å². The van der Waals surface area contributed by atoms with Crippen LogP contribution in [0.1, 0.15) is 76.2 Å². The Hall–Kier alpha value is -1.45. The Bertz CT molecular complexity index is 563. The van der Waals surface area contributed by atoms with Crippen molar-refractivity contribution in [2.45, 2.75) is 70.6 Å². The number of alkyl halides is 1. The molecular weight excluding hydrogens is 337 g/mol. The van der Waals surface area contributed by atoms with Crippen LogP contribution in [0.4, 0.5) is 13.2 Å². The molecule has 0 amide bonds. The van der Waals surface area contributed by atoms with Crippen LogP contribution < -0.4 is 4.74 Å². The molecule has 26 heavy (non-hydrogen) atoms. The molecule has 1 aliphatic carbocycles. The van der Waals surface area contributed by atoms with Gasteiger partial charge in [0.25, 0.3) is 0 Å². The Balaban J connectivity index is 1.84. The van der Waals surface area contributed by atoms with Gasteiger partial charge in [-0.3, -0.25) is 0 Å². The standard InChI is InChI=1S/C22H31F3O/c1-2-3-16-26-20-14-13-19(21(24)22(20)25)18-11-9-17(10-12-18)8-6-4-5-7-15-23/h5,7,13-14,17-18H,2-4,6,8-12,15-16H2,1H3. The van der Waals surface area contributed by atoms with Crippen molar-refractivity contribution in [2.75, 3.05) is 13.3 Å². The lowest BCUT2D eigenvalue weighted by molar-refractivity contribution is 0.282. The lowest BCUT2D eigenvalue weighted by Gasteiger charge is -2.29. The van der Waals surface area contributed by atoms with Gasteiger partial charge >= 0.3 is 0 Å². The first-order chi connectivity index (χ1) is 12.7. The Morgan fingerprint density at radius 2 is 1.81 bits per heavy atom. The SMILES string of the molecule is CCCCOc1ccc(C2CCC(CCCC=CCF)CC2)c(F)c1F. The van der Waals surface area contributed by atoms with E-state index in [2.05, 4.69) is 0 Å². The van der Waals surface area contributed by atoms with E-state index < -0.39 is 18.3 Å². The second kappa shape index (κ2) is 11.3. The summed E-state index contributed by atoms with van der Waals surface area (Å²) in [6.45, 7) is 2.05. The van der Waals surface area contributed by atoms with Gasteiger partial charge < -0.3 is 4.74 Å². The zero-order valence-electron chi connectivity index (χ0n) is 15.8. The van der Waals surface area contributed by atoms with Crippen LogP contribution in [0.25, 0.3) is 0 Å². The van der Waals surface area contributed by atoms with Crippen LogP contribution in [-0.4, -0.2) is 13.3 Å². The molecule has 0 heterocycles. The van der Waals surface area contributed by atoms with Crippen LogP contribution in [0.2, 0.25) is 0 Å². The van der Waals surface area contributed by atoms with Crippen LogP contribution in [0.5, 0.6) is 5.75 Å². The number of hydrogen-bond donors (Lipinski definition) is 0. The smallest absolute Gasteiger partial charge is 0.200 e. The fourth-order valence-electron chi connectivity index (χ4n) is 3.77. The molecule has 1 aromatic carbocycles. The molecule has 0 N–H and O–H groups in total. The Kier molecular flexibility index (Phi) is 9.07. The first kappa shape index (κ1) is 20.9. The quantitative estimate of drug-likeness (QED) is 0.316. The number of unbranched alkanes of at least 4 members (excludes halogenated alkanes) is 2. The molecule has 0 aromatic heterocycles. The third-order valence-corrected chi connectivity index (χ3v) is 5.36. The summed E-state index contributed by atoms with van der Waals surface area (Å²) in [6, 6.07) is 3.28. The fourth-order valence-corrected chi connectivity index (χ4v) is 3.77. The van der Waals surface area contributed by atoms with E-state index in [9.17, 15) is 13.2 Å². The van der Waals surface area contributed by atoms with Crippen molar-refractivity contribution >= 4 is 0 Å². The van der Waals surface area contributed by atoms with E-state index >= 15 is 0 Å². The van der Waals surface area contributed by atoms with Crippen molar-refractivity contribution in [3.05, 3.63) is 41.5 Å². The van der Waals surface area contributed by atoms with E-state index in [1.165, 1.54) is 0 Å². The molecule has 1 aromatic rings. The van der Waals surface area contributed by atoms with Gasteiger partial charge in [-0.2, -0.15) is 4.39 Å². The van der Waals surface area contributed by atoms with Gasteiger partial charge in [0.1, 0.15) is 6.67 Å². The monoisotopic (exact) mass is 368 g/mol. The average molecular weight is 368 g/mol. The molecule has 0 saturated heterocycles. The first-order valence-electron chi connectivity index (χ1n) is 9.99. The molecule has 0 spiro atoms. The number of rotatable bonds is 10. The Labute approximate surface area is 155 Å². The molecule has 0 bridgehead atoms. The molecule has 4 heteroatoms. The van der Waals surface area contributed by atoms with Crippen LogP contribution in [-0.2, 0) is 0 Å². The highest BCUT2D eigenvalue weighted by atomic mass is 19.2. The van der Waals surface area contributed by atoms with Gasteiger partial charge in [0.15, 0.2) is 11.6 Å². The second-order valence-electron chi connectivity index (χ2n) is 7.26. The number of hydrogen-bond acceptors (Lipinski definition) is 1. The largest absolute Gasteiger partial charge is 0.490 e. The third kappa shape index (κ3) is 6.07. The van der Waals surface area contributed by atoms with Crippen LogP contribution >= 0.6 is 0 Å². The molecule has 0 aliphatic heterocycles. The summed E-state index contributed by atoms with van der Waals surface area (Å²) in [5.74, 6) is -0.819. The minimum atomic E-state index is -0.847. The van der Waals surface area contributed by atoms with E-state index in [0.29, 0.717) is 18.1 Å². The van der Waals surface area contributed by atoms with E-state index in [-0.39, 0.29) is 11.7 Å². The van der Waals surface area contributed by atoms with Gasteiger partial charge in [-0.05, 0) is 68.4 Å².